The molecule has 0 radical (unpaired) electrons. The van der Waals surface area contributed by atoms with Crippen LogP contribution in [0.1, 0.15) is 38.2 Å². The number of rotatable bonds is 0. The molecular formula is C22H12Cl4O5. The van der Waals surface area contributed by atoms with Crippen LogP contribution < -0.4 is 4.74 Å². The van der Waals surface area contributed by atoms with Gasteiger partial charge < -0.3 is 19.7 Å². The van der Waals surface area contributed by atoms with E-state index < -0.39 is 17.3 Å². The minimum Gasteiger partial charge on any atom is -0.506 e. The van der Waals surface area contributed by atoms with Crippen molar-refractivity contribution in [3.8, 4) is 23.0 Å². The summed E-state index contributed by atoms with van der Waals surface area (Å²) < 4.78 is 12.0. The predicted octanol–water partition coefficient (Wildman–Crippen LogP) is 6.90. The zero-order chi connectivity index (χ0) is 22.4. The molecule has 2 N–H and O–H groups in total. The Morgan fingerprint density at radius 1 is 0.806 bits per heavy atom. The molecule has 0 amide bonds. The molecule has 3 aromatic carbocycles. The first-order valence-electron chi connectivity index (χ1n) is 9.05. The van der Waals surface area contributed by atoms with E-state index in [1.807, 2.05) is 0 Å². The highest BCUT2D eigenvalue weighted by molar-refractivity contribution is 6.46. The van der Waals surface area contributed by atoms with Crippen LogP contribution in [0.4, 0.5) is 0 Å². The van der Waals surface area contributed by atoms with Crippen molar-refractivity contribution in [2.45, 2.75) is 19.4 Å². The number of carbonyl (C=O) groups excluding carboxylic acids is 1. The van der Waals surface area contributed by atoms with Crippen molar-refractivity contribution in [2.24, 2.45) is 0 Å². The molecule has 2 heterocycles. The third-order valence-electron chi connectivity index (χ3n) is 5.86. The first kappa shape index (κ1) is 20.6. The number of phenols is 2. The molecule has 1 atom stereocenters. The summed E-state index contributed by atoms with van der Waals surface area (Å²) in [5.41, 5.74) is 0.788. The van der Waals surface area contributed by atoms with E-state index in [1.54, 1.807) is 38.1 Å². The third-order valence-corrected chi connectivity index (χ3v) is 7.41. The highest BCUT2D eigenvalue weighted by Crippen LogP contribution is 2.65. The van der Waals surface area contributed by atoms with Gasteiger partial charge in [0.2, 0.25) is 0 Å². The van der Waals surface area contributed by atoms with Gasteiger partial charge in [-0.05, 0) is 31.0 Å². The van der Waals surface area contributed by atoms with Crippen molar-refractivity contribution in [3.05, 3.63) is 77.7 Å². The fourth-order valence-corrected chi connectivity index (χ4v) is 5.34. The molecule has 2 aliphatic rings. The molecule has 5 rings (SSSR count). The molecule has 9 heteroatoms. The van der Waals surface area contributed by atoms with Gasteiger partial charge >= 0.3 is 5.97 Å². The summed E-state index contributed by atoms with van der Waals surface area (Å²) in [6.45, 7) is 3.42. The third kappa shape index (κ3) is 2.38. The first-order chi connectivity index (χ1) is 14.6. The summed E-state index contributed by atoms with van der Waals surface area (Å²) in [4.78, 5) is 13.0. The van der Waals surface area contributed by atoms with E-state index in [1.165, 1.54) is 0 Å². The second-order valence-corrected chi connectivity index (χ2v) is 8.84. The summed E-state index contributed by atoms with van der Waals surface area (Å²) in [5.74, 6) is -1.30. The molecule has 0 bridgehead atoms. The minimum absolute atomic E-state index is 0.0407. The van der Waals surface area contributed by atoms with Crippen molar-refractivity contribution in [2.75, 3.05) is 0 Å². The maximum Gasteiger partial charge on any atom is 0.340 e. The molecule has 0 aliphatic carbocycles. The van der Waals surface area contributed by atoms with Crippen LogP contribution in [-0.4, -0.2) is 16.2 Å². The SMILES string of the molecule is Cc1c(C)c2c(c(Cl)c1O)Oc1c(Cl)c(O)c(Cl)c(Cl)c1C21OC(=O)c2ccccc21. The fourth-order valence-electron chi connectivity index (χ4n) is 4.29. The number of hydrogen-bond acceptors (Lipinski definition) is 5. The lowest BCUT2D eigenvalue weighted by molar-refractivity contribution is 0.0222. The van der Waals surface area contributed by atoms with Crippen LogP contribution in [0.25, 0.3) is 0 Å². The maximum absolute atomic E-state index is 13.0. The number of ether oxygens (including phenoxy) is 2. The van der Waals surface area contributed by atoms with Crippen molar-refractivity contribution < 1.29 is 24.5 Å². The predicted molar refractivity (Wildman–Crippen MR) is 118 cm³/mol. The normalized spacial score (nSPS) is 18.3. The fraction of sp³-hybridized carbons (Fsp3) is 0.136. The lowest BCUT2D eigenvalue weighted by Gasteiger charge is -2.39. The Kier molecular flexibility index (Phi) is 4.38. The maximum atomic E-state index is 13.0. The van der Waals surface area contributed by atoms with Crippen LogP contribution in [-0.2, 0) is 10.3 Å². The molecule has 158 valence electrons. The number of aromatic hydroxyl groups is 2. The van der Waals surface area contributed by atoms with Gasteiger partial charge in [0, 0.05) is 5.56 Å². The van der Waals surface area contributed by atoms with Crippen molar-refractivity contribution >= 4 is 52.4 Å². The Morgan fingerprint density at radius 3 is 2.13 bits per heavy atom. The molecule has 31 heavy (non-hydrogen) atoms. The average molecular weight is 498 g/mol. The van der Waals surface area contributed by atoms with Crippen molar-refractivity contribution in [3.63, 3.8) is 0 Å². The van der Waals surface area contributed by atoms with Crippen LogP contribution >= 0.6 is 46.4 Å². The summed E-state index contributed by atoms with van der Waals surface area (Å²) in [6.07, 6.45) is 0. The molecular weight excluding hydrogens is 486 g/mol. The van der Waals surface area contributed by atoms with Gasteiger partial charge in [0.05, 0.1) is 21.7 Å². The second kappa shape index (κ2) is 6.59. The van der Waals surface area contributed by atoms with Gasteiger partial charge in [-0.25, -0.2) is 4.79 Å². The van der Waals surface area contributed by atoms with E-state index in [-0.39, 0.29) is 42.9 Å². The highest BCUT2D eigenvalue weighted by Gasteiger charge is 2.57. The number of fused-ring (bicyclic) bond motifs is 6. The lowest BCUT2D eigenvalue weighted by atomic mass is 9.75. The Morgan fingerprint density at radius 2 is 1.42 bits per heavy atom. The Hall–Kier alpha value is -2.31. The summed E-state index contributed by atoms with van der Waals surface area (Å²) >= 11 is 25.7. The van der Waals surface area contributed by atoms with E-state index in [9.17, 15) is 15.0 Å². The summed E-state index contributed by atoms with van der Waals surface area (Å²) in [6, 6.07) is 6.81. The van der Waals surface area contributed by atoms with Gasteiger partial charge in [-0.3, -0.25) is 0 Å². The molecule has 1 unspecified atom stereocenters. The molecule has 3 aromatic rings. The lowest BCUT2D eigenvalue weighted by Crippen LogP contribution is -2.35. The number of esters is 1. The van der Waals surface area contributed by atoms with Gasteiger partial charge in [0.15, 0.2) is 22.8 Å². The Labute approximate surface area is 196 Å². The van der Waals surface area contributed by atoms with Crippen LogP contribution in [0.5, 0.6) is 23.0 Å². The van der Waals surface area contributed by atoms with Gasteiger partial charge in [0.1, 0.15) is 20.8 Å². The smallest absolute Gasteiger partial charge is 0.340 e. The summed E-state index contributed by atoms with van der Waals surface area (Å²) in [5, 5.41) is 20.3. The minimum atomic E-state index is -1.61. The number of hydrogen-bond donors (Lipinski definition) is 2. The van der Waals surface area contributed by atoms with Crippen LogP contribution in [0.3, 0.4) is 0 Å². The summed E-state index contributed by atoms with van der Waals surface area (Å²) in [7, 11) is 0. The van der Waals surface area contributed by atoms with Crippen molar-refractivity contribution in [1.29, 1.82) is 0 Å². The first-order valence-corrected chi connectivity index (χ1v) is 10.6. The topological polar surface area (TPSA) is 76.0 Å². The molecule has 0 aromatic heterocycles. The molecule has 0 saturated heterocycles. The average Bonchev–Trinajstić information content (AvgIpc) is 3.05. The molecule has 2 aliphatic heterocycles. The van der Waals surface area contributed by atoms with E-state index in [0.717, 1.165) is 0 Å². The van der Waals surface area contributed by atoms with Gasteiger partial charge in [0.25, 0.3) is 0 Å². The number of benzene rings is 3. The Balaban J connectivity index is 2.06. The van der Waals surface area contributed by atoms with E-state index in [4.69, 9.17) is 55.9 Å². The second-order valence-electron chi connectivity index (χ2n) is 7.33. The van der Waals surface area contributed by atoms with E-state index in [0.29, 0.717) is 27.8 Å². The number of carbonyl (C=O) groups is 1. The van der Waals surface area contributed by atoms with Gasteiger partial charge in [-0.15, -0.1) is 0 Å². The largest absolute Gasteiger partial charge is 0.506 e. The zero-order valence-electron chi connectivity index (χ0n) is 15.9. The molecule has 1 spiro atoms. The molecule has 5 nitrogen and oxygen atoms in total. The quantitative estimate of drug-likeness (QED) is 0.261. The monoisotopic (exact) mass is 496 g/mol. The van der Waals surface area contributed by atoms with E-state index in [2.05, 4.69) is 0 Å². The van der Waals surface area contributed by atoms with Crippen LogP contribution in [0, 0.1) is 13.8 Å². The van der Waals surface area contributed by atoms with Gasteiger partial charge in [-0.2, -0.15) is 0 Å². The Bertz CT molecular complexity index is 1280. The molecule has 0 saturated carbocycles. The molecule has 0 fully saturated rings. The highest BCUT2D eigenvalue weighted by atomic mass is 35.5. The zero-order valence-corrected chi connectivity index (χ0v) is 19.0. The standard InChI is InChI=1S/C22H12Cl4O5/c1-7-8(2)17(27)15(25)19-11(7)22(10-6-4-3-5-9(10)21(29)31-22)12-13(23)14(24)18(28)16(26)20(12)30-19/h3-6,27-28H,1-2H3. The van der Waals surface area contributed by atoms with Crippen LogP contribution in [0.2, 0.25) is 20.1 Å². The number of phenolic OH excluding ortho intramolecular Hbond substituents is 2. The van der Waals surface area contributed by atoms with Crippen LogP contribution in [0.15, 0.2) is 24.3 Å². The number of halogens is 4. The van der Waals surface area contributed by atoms with Crippen molar-refractivity contribution in [1.82, 2.24) is 0 Å². The van der Waals surface area contributed by atoms with Gasteiger partial charge in [-0.1, -0.05) is 64.6 Å². The van der Waals surface area contributed by atoms with E-state index >= 15 is 0 Å².